The average molecular weight is 272 g/mol. The van der Waals surface area contributed by atoms with Crippen LogP contribution in [0.2, 0.25) is 0 Å². The van der Waals surface area contributed by atoms with Crippen LogP contribution < -0.4 is 15.5 Å². The van der Waals surface area contributed by atoms with E-state index in [1.54, 1.807) is 0 Å². The molecule has 0 aromatic heterocycles. The summed E-state index contributed by atoms with van der Waals surface area (Å²) in [5.41, 5.74) is 0.536. The Morgan fingerprint density at radius 1 is 1.56 bits per heavy atom. The molecule has 0 unspecified atom stereocenters. The number of halogens is 2. The van der Waals surface area contributed by atoms with Crippen LogP contribution in [0.15, 0.2) is 18.2 Å². The summed E-state index contributed by atoms with van der Waals surface area (Å²) < 4.78 is 13.7. The van der Waals surface area contributed by atoms with E-state index in [4.69, 9.17) is 11.6 Å². The highest BCUT2D eigenvalue weighted by Gasteiger charge is 2.24. The van der Waals surface area contributed by atoms with Crippen LogP contribution in [0.4, 0.5) is 20.6 Å². The van der Waals surface area contributed by atoms with Crippen molar-refractivity contribution in [3.63, 3.8) is 0 Å². The van der Waals surface area contributed by atoms with E-state index >= 15 is 0 Å². The van der Waals surface area contributed by atoms with Gasteiger partial charge in [-0.25, -0.2) is 9.18 Å². The molecule has 1 aliphatic rings. The summed E-state index contributed by atoms with van der Waals surface area (Å²) in [5.74, 6) is -1.09. The standard InChI is InChI=1S/C11H11ClFN3O2/c12-6-10(17)15-7-1-2-8(13)9(5-7)16-4-3-14-11(16)18/h1-2,5H,3-4,6H2,(H,14,18)(H,15,17). The third-order valence-corrected chi connectivity index (χ3v) is 2.74. The van der Waals surface area contributed by atoms with Gasteiger partial charge in [-0.2, -0.15) is 0 Å². The molecule has 1 aromatic carbocycles. The van der Waals surface area contributed by atoms with Crippen LogP contribution in [0.25, 0.3) is 0 Å². The van der Waals surface area contributed by atoms with E-state index in [2.05, 4.69) is 10.6 Å². The fourth-order valence-electron chi connectivity index (χ4n) is 1.69. The molecule has 2 rings (SSSR count). The number of carbonyl (C=O) groups is 2. The van der Waals surface area contributed by atoms with Gasteiger partial charge >= 0.3 is 6.03 Å². The van der Waals surface area contributed by atoms with E-state index in [-0.39, 0.29) is 23.5 Å². The van der Waals surface area contributed by atoms with E-state index in [0.29, 0.717) is 18.8 Å². The molecule has 1 aromatic rings. The first kappa shape index (κ1) is 12.6. The summed E-state index contributed by atoms with van der Waals surface area (Å²) in [5, 5.41) is 5.08. The van der Waals surface area contributed by atoms with Gasteiger partial charge in [-0.1, -0.05) is 0 Å². The molecule has 7 heteroatoms. The molecule has 0 aliphatic carbocycles. The minimum Gasteiger partial charge on any atom is -0.336 e. The monoisotopic (exact) mass is 271 g/mol. The molecule has 0 spiro atoms. The minimum absolute atomic E-state index is 0.136. The minimum atomic E-state index is -0.518. The van der Waals surface area contributed by atoms with Crippen LogP contribution in [0.1, 0.15) is 0 Å². The molecule has 0 bridgehead atoms. The van der Waals surface area contributed by atoms with Crippen LogP contribution in [-0.4, -0.2) is 30.9 Å². The highest BCUT2D eigenvalue weighted by atomic mass is 35.5. The van der Waals surface area contributed by atoms with Gasteiger partial charge in [0.1, 0.15) is 11.7 Å². The highest BCUT2D eigenvalue weighted by molar-refractivity contribution is 6.29. The third-order valence-electron chi connectivity index (χ3n) is 2.50. The van der Waals surface area contributed by atoms with Gasteiger partial charge in [-0.3, -0.25) is 9.69 Å². The van der Waals surface area contributed by atoms with Crippen LogP contribution in [0.5, 0.6) is 0 Å². The van der Waals surface area contributed by atoms with Crippen molar-refractivity contribution in [2.24, 2.45) is 0 Å². The second-order valence-corrected chi connectivity index (χ2v) is 4.00. The predicted octanol–water partition coefficient (Wildman–Crippen LogP) is 1.53. The second kappa shape index (κ2) is 5.22. The maximum Gasteiger partial charge on any atom is 0.322 e. The number of anilines is 2. The molecule has 1 saturated heterocycles. The number of nitrogens with one attached hydrogen (secondary N) is 2. The van der Waals surface area contributed by atoms with Gasteiger partial charge in [0.25, 0.3) is 0 Å². The topological polar surface area (TPSA) is 61.4 Å². The maximum atomic E-state index is 13.7. The quantitative estimate of drug-likeness (QED) is 0.819. The van der Waals surface area contributed by atoms with Crippen LogP contribution >= 0.6 is 11.6 Å². The van der Waals surface area contributed by atoms with Crippen molar-refractivity contribution < 1.29 is 14.0 Å². The van der Waals surface area contributed by atoms with Crippen molar-refractivity contribution in [2.45, 2.75) is 0 Å². The first-order valence-corrected chi connectivity index (χ1v) is 5.86. The predicted molar refractivity (Wildman–Crippen MR) is 66.5 cm³/mol. The van der Waals surface area contributed by atoms with E-state index < -0.39 is 5.82 Å². The van der Waals surface area contributed by atoms with Gasteiger partial charge in [-0.15, -0.1) is 11.6 Å². The van der Waals surface area contributed by atoms with Crippen molar-refractivity contribution in [2.75, 3.05) is 29.2 Å². The number of benzene rings is 1. The first-order chi connectivity index (χ1) is 8.61. The number of carbonyl (C=O) groups excluding carboxylic acids is 2. The van der Waals surface area contributed by atoms with Gasteiger partial charge in [-0.05, 0) is 18.2 Å². The van der Waals surface area contributed by atoms with Crippen molar-refractivity contribution in [3.05, 3.63) is 24.0 Å². The number of hydrogen-bond acceptors (Lipinski definition) is 2. The number of rotatable bonds is 3. The van der Waals surface area contributed by atoms with E-state index in [1.807, 2.05) is 0 Å². The summed E-state index contributed by atoms with van der Waals surface area (Å²) in [7, 11) is 0. The second-order valence-electron chi connectivity index (χ2n) is 3.73. The third kappa shape index (κ3) is 2.53. The van der Waals surface area contributed by atoms with Crippen molar-refractivity contribution >= 4 is 34.9 Å². The van der Waals surface area contributed by atoms with E-state index in [1.165, 1.54) is 23.1 Å². The molecule has 0 atom stereocenters. The number of hydrogen-bond donors (Lipinski definition) is 2. The van der Waals surface area contributed by atoms with Crippen LogP contribution in [0, 0.1) is 5.82 Å². The lowest BCUT2D eigenvalue weighted by Gasteiger charge is -2.16. The average Bonchev–Trinajstić information content (AvgIpc) is 2.77. The Balaban J connectivity index is 2.26. The molecule has 1 fully saturated rings. The maximum absolute atomic E-state index is 13.7. The molecular formula is C11H11ClFN3O2. The fourth-order valence-corrected chi connectivity index (χ4v) is 1.76. The Hall–Kier alpha value is -1.82. The summed E-state index contributed by atoms with van der Waals surface area (Å²) in [6.45, 7) is 0.860. The molecule has 0 saturated carbocycles. The van der Waals surface area contributed by atoms with E-state index in [0.717, 1.165) is 0 Å². The molecule has 1 heterocycles. The molecular weight excluding hydrogens is 261 g/mol. The fraction of sp³-hybridized carbons (Fsp3) is 0.273. The Labute approximate surface area is 108 Å². The van der Waals surface area contributed by atoms with Crippen molar-refractivity contribution in [1.29, 1.82) is 0 Å². The van der Waals surface area contributed by atoms with Crippen molar-refractivity contribution in [3.8, 4) is 0 Å². The zero-order valence-electron chi connectivity index (χ0n) is 9.37. The molecule has 0 radical (unpaired) electrons. The lowest BCUT2D eigenvalue weighted by molar-refractivity contribution is -0.113. The Morgan fingerprint density at radius 2 is 2.33 bits per heavy atom. The number of alkyl halides is 1. The van der Waals surface area contributed by atoms with Gasteiger partial charge in [0, 0.05) is 18.8 Å². The smallest absolute Gasteiger partial charge is 0.322 e. The Morgan fingerprint density at radius 3 is 2.94 bits per heavy atom. The normalized spacial score (nSPS) is 14.6. The van der Waals surface area contributed by atoms with Gasteiger partial charge < -0.3 is 10.6 Å². The lowest BCUT2D eigenvalue weighted by atomic mass is 10.2. The van der Waals surface area contributed by atoms with E-state index in [9.17, 15) is 14.0 Å². The zero-order valence-corrected chi connectivity index (χ0v) is 10.1. The molecule has 1 aliphatic heterocycles. The number of nitrogens with zero attached hydrogens (tertiary/aromatic N) is 1. The van der Waals surface area contributed by atoms with Gasteiger partial charge in [0.15, 0.2) is 0 Å². The molecule has 5 nitrogen and oxygen atoms in total. The Bertz CT molecular complexity index is 495. The van der Waals surface area contributed by atoms with Crippen molar-refractivity contribution in [1.82, 2.24) is 5.32 Å². The summed E-state index contributed by atoms with van der Waals surface area (Å²) >= 11 is 5.36. The lowest BCUT2D eigenvalue weighted by Crippen LogP contribution is -2.28. The number of amides is 3. The summed E-state index contributed by atoms with van der Waals surface area (Å²) in [4.78, 5) is 23.9. The van der Waals surface area contributed by atoms with Crippen LogP contribution in [-0.2, 0) is 4.79 Å². The largest absolute Gasteiger partial charge is 0.336 e. The number of urea groups is 1. The first-order valence-electron chi connectivity index (χ1n) is 5.32. The molecule has 96 valence electrons. The zero-order chi connectivity index (χ0) is 13.1. The SMILES string of the molecule is O=C(CCl)Nc1ccc(F)c(N2CCNC2=O)c1. The molecule has 2 N–H and O–H groups in total. The van der Waals surface area contributed by atoms with Gasteiger partial charge in [0.2, 0.25) is 5.91 Å². The van der Waals surface area contributed by atoms with Gasteiger partial charge in [0.05, 0.1) is 5.69 Å². The Kier molecular flexibility index (Phi) is 3.66. The summed E-state index contributed by atoms with van der Waals surface area (Å²) in [6.07, 6.45) is 0. The van der Waals surface area contributed by atoms with Crippen LogP contribution in [0.3, 0.4) is 0 Å². The molecule has 18 heavy (non-hydrogen) atoms. The molecule has 3 amide bonds. The highest BCUT2D eigenvalue weighted by Crippen LogP contribution is 2.24. The summed E-state index contributed by atoms with van der Waals surface area (Å²) in [6, 6.07) is 3.67.